The van der Waals surface area contributed by atoms with E-state index in [4.69, 9.17) is 0 Å². The van der Waals surface area contributed by atoms with Gasteiger partial charge in [-0.2, -0.15) is 0 Å². The summed E-state index contributed by atoms with van der Waals surface area (Å²) in [6, 6.07) is 0. The number of hydrogen-bond donors (Lipinski definition) is 2. The summed E-state index contributed by atoms with van der Waals surface area (Å²) < 4.78 is 0. The number of nitrogens with zero attached hydrogens (tertiary/aromatic N) is 1. The fourth-order valence-electron chi connectivity index (χ4n) is 1.60. The summed E-state index contributed by atoms with van der Waals surface area (Å²) in [5, 5.41) is 12.2. The van der Waals surface area contributed by atoms with E-state index >= 15 is 0 Å². The highest BCUT2D eigenvalue weighted by Gasteiger charge is 2.17. The molecule has 4 heteroatoms. The summed E-state index contributed by atoms with van der Waals surface area (Å²) >= 11 is 0. The second-order valence-electron chi connectivity index (χ2n) is 3.76. The van der Waals surface area contributed by atoms with Gasteiger partial charge in [0, 0.05) is 19.6 Å². The average Bonchev–Trinajstić information content (AvgIpc) is 2.21. The molecule has 0 saturated carbocycles. The monoisotopic (exact) mass is 222 g/mol. The molecule has 1 aliphatic heterocycles. The van der Waals surface area contributed by atoms with E-state index in [0.717, 1.165) is 12.1 Å². The van der Waals surface area contributed by atoms with Gasteiger partial charge in [-0.3, -0.25) is 4.79 Å². The third-order valence-electron chi connectivity index (χ3n) is 2.29. The molecule has 1 saturated heterocycles. The second-order valence-corrected chi connectivity index (χ2v) is 3.76. The summed E-state index contributed by atoms with van der Waals surface area (Å²) in [5.41, 5.74) is 0.880. The number of carbonyl (C=O) groups excluding carboxylic acids is 1. The van der Waals surface area contributed by atoms with Gasteiger partial charge in [-0.05, 0) is 18.6 Å². The number of piperazine rings is 1. The smallest absolute Gasteiger partial charge is 0.236 e. The lowest BCUT2D eigenvalue weighted by Crippen LogP contribution is -2.48. The van der Waals surface area contributed by atoms with Gasteiger partial charge in [-0.25, -0.2) is 0 Å². The Hall–Kier alpha value is -1.55. The second kappa shape index (κ2) is 6.12. The van der Waals surface area contributed by atoms with E-state index in [1.807, 2.05) is 0 Å². The predicted octanol–water partition coefficient (Wildman–Crippen LogP) is 0.992. The Balaban J connectivity index is 2.67. The van der Waals surface area contributed by atoms with Gasteiger partial charge in [0.15, 0.2) is 0 Å². The topological polar surface area (TPSA) is 52.6 Å². The molecule has 0 aromatic carbocycles. The summed E-state index contributed by atoms with van der Waals surface area (Å²) in [6.45, 7) is 7.65. The number of rotatable bonds is 4. The molecular formula is C12H18N2O2. The molecule has 1 aliphatic rings. The summed E-state index contributed by atoms with van der Waals surface area (Å²) in [4.78, 5) is 13.3. The molecule has 1 rings (SSSR count). The zero-order valence-electron chi connectivity index (χ0n) is 9.57. The van der Waals surface area contributed by atoms with Gasteiger partial charge in [0.1, 0.15) is 0 Å². The molecule has 88 valence electrons. The van der Waals surface area contributed by atoms with Gasteiger partial charge < -0.3 is 15.3 Å². The Kier molecular flexibility index (Phi) is 4.79. The van der Waals surface area contributed by atoms with Gasteiger partial charge in [-0.1, -0.05) is 18.7 Å². The maximum atomic E-state index is 11.5. The zero-order chi connectivity index (χ0) is 12.0. The first-order valence-corrected chi connectivity index (χ1v) is 5.31. The van der Waals surface area contributed by atoms with Crippen LogP contribution < -0.4 is 5.32 Å². The van der Waals surface area contributed by atoms with Crippen molar-refractivity contribution in [2.75, 3.05) is 26.2 Å². The van der Waals surface area contributed by atoms with E-state index in [9.17, 15) is 9.90 Å². The zero-order valence-corrected chi connectivity index (χ0v) is 9.57. The van der Waals surface area contributed by atoms with Gasteiger partial charge in [0.2, 0.25) is 5.91 Å². The first-order chi connectivity index (χ1) is 7.63. The van der Waals surface area contributed by atoms with Crippen LogP contribution in [0.1, 0.15) is 6.92 Å². The van der Waals surface area contributed by atoms with E-state index in [1.165, 1.54) is 0 Å². The molecule has 4 nitrogen and oxygen atoms in total. The maximum Gasteiger partial charge on any atom is 0.236 e. The van der Waals surface area contributed by atoms with E-state index in [1.54, 1.807) is 30.1 Å². The van der Waals surface area contributed by atoms with E-state index < -0.39 is 0 Å². The number of amides is 1. The van der Waals surface area contributed by atoms with Crippen molar-refractivity contribution in [1.29, 1.82) is 0 Å². The van der Waals surface area contributed by atoms with E-state index in [0.29, 0.717) is 19.6 Å². The molecule has 0 aliphatic carbocycles. The number of hydrogen-bond acceptors (Lipinski definition) is 3. The summed E-state index contributed by atoms with van der Waals surface area (Å²) in [5.74, 6) is 0.320. The van der Waals surface area contributed by atoms with Crippen LogP contribution in [0.2, 0.25) is 0 Å². The molecule has 0 atom stereocenters. The Morgan fingerprint density at radius 2 is 2.44 bits per heavy atom. The van der Waals surface area contributed by atoms with Crippen LogP contribution in [-0.2, 0) is 4.79 Å². The molecule has 0 radical (unpaired) electrons. The van der Waals surface area contributed by atoms with Crippen molar-refractivity contribution in [2.45, 2.75) is 6.92 Å². The molecule has 0 bridgehead atoms. The number of carbonyl (C=O) groups is 1. The van der Waals surface area contributed by atoms with Crippen LogP contribution in [0.15, 0.2) is 36.1 Å². The first kappa shape index (κ1) is 12.5. The highest BCUT2D eigenvalue weighted by molar-refractivity contribution is 5.79. The van der Waals surface area contributed by atoms with Crippen LogP contribution in [0.25, 0.3) is 0 Å². The average molecular weight is 222 g/mol. The number of aliphatic hydroxyl groups is 1. The van der Waals surface area contributed by atoms with Gasteiger partial charge in [-0.15, -0.1) is 0 Å². The fraction of sp³-hybridized carbons (Fsp3) is 0.417. The molecule has 0 spiro atoms. The molecule has 0 aromatic rings. The number of allylic oxidation sites excluding steroid dienone is 3. The van der Waals surface area contributed by atoms with Crippen LogP contribution in [0.4, 0.5) is 0 Å². The van der Waals surface area contributed by atoms with Crippen molar-refractivity contribution in [1.82, 2.24) is 10.2 Å². The van der Waals surface area contributed by atoms with Gasteiger partial charge >= 0.3 is 0 Å². The molecule has 16 heavy (non-hydrogen) atoms. The quantitative estimate of drug-likeness (QED) is 0.551. The Labute approximate surface area is 95.9 Å². The largest absolute Gasteiger partial charge is 0.513 e. The van der Waals surface area contributed by atoms with Gasteiger partial charge in [0.25, 0.3) is 0 Å². The van der Waals surface area contributed by atoms with E-state index in [-0.39, 0.29) is 11.7 Å². The third kappa shape index (κ3) is 3.90. The molecule has 0 unspecified atom stereocenters. The highest BCUT2D eigenvalue weighted by atomic mass is 16.3. The molecule has 1 fully saturated rings. The van der Waals surface area contributed by atoms with E-state index in [2.05, 4.69) is 11.9 Å². The highest BCUT2D eigenvalue weighted by Crippen LogP contribution is 2.06. The van der Waals surface area contributed by atoms with Crippen LogP contribution in [0.3, 0.4) is 0 Å². The van der Waals surface area contributed by atoms with Crippen molar-refractivity contribution in [3.05, 3.63) is 36.1 Å². The predicted molar refractivity (Wildman–Crippen MR) is 64.1 cm³/mol. The molecular weight excluding hydrogens is 204 g/mol. The van der Waals surface area contributed by atoms with Crippen molar-refractivity contribution in [3.8, 4) is 0 Å². The standard InChI is InChI=1S/C12H18N2O2/c1-3-4-11(7-10(2)15)9-14-6-5-13-8-12(14)16/h3-4,7,13,15H,1,5-6,8-9H2,2H3/b10-7+,11-4+. The number of nitrogens with one attached hydrogen (secondary N) is 1. The fourth-order valence-corrected chi connectivity index (χ4v) is 1.60. The lowest BCUT2D eigenvalue weighted by molar-refractivity contribution is -0.131. The van der Waals surface area contributed by atoms with Crippen molar-refractivity contribution in [2.24, 2.45) is 0 Å². The normalized spacial score (nSPS) is 18.8. The molecule has 1 heterocycles. The minimum absolute atomic E-state index is 0.0882. The summed E-state index contributed by atoms with van der Waals surface area (Å²) in [7, 11) is 0. The van der Waals surface area contributed by atoms with Crippen LogP contribution in [0, 0.1) is 0 Å². The molecule has 0 aromatic heterocycles. The van der Waals surface area contributed by atoms with Crippen LogP contribution in [0.5, 0.6) is 0 Å². The third-order valence-corrected chi connectivity index (χ3v) is 2.29. The van der Waals surface area contributed by atoms with Gasteiger partial charge in [0.05, 0.1) is 12.3 Å². The SMILES string of the molecule is C=C/C=C(\C=C(/C)O)CN1CCNCC1=O. The van der Waals surface area contributed by atoms with Crippen molar-refractivity contribution in [3.63, 3.8) is 0 Å². The Morgan fingerprint density at radius 3 is 3.00 bits per heavy atom. The maximum absolute atomic E-state index is 11.5. The van der Waals surface area contributed by atoms with Crippen LogP contribution in [-0.4, -0.2) is 42.1 Å². The Bertz CT molecular complexity index is 328. The Morgan fingerprint density at radius 1 is 1.69 bits per heavy atom. The molecule has 1 amide bonds. The van der Waals surface area contributed by atoms with Crippen molar-refractivity contribution < 1.29 is 9.90 Å². The lowest BCUT2D eigenvalue weighted by atomic mass is 10.2. The number of aliphatic hydroxyl groups excluding tert-OH is 1. The molecule has 2 N–H and O–H groups in total. The summed E-state index contributed by atoms with van der Waals surface area (Å²) in [6.07, 6.45) is 5.10. The lowest BCUT2D eigenvalue weighted by Gasteiger charge is -2.27. The minimum Gasteiger partial charge on any atom is -0.513 e. The first-order valence-electron chi connectivity index (χ1n) is 5.31. The van der Waals surface area contributed by atoms with Crippen LogP contribution >= 0.6 is 0 Å². The minimum atomic E-state index is 0.0882. The van der Waals surface area contributed by atoms with Crippen molar-refractivity contribution >= 4 is 5.91 Å².